The van der Waals surface area contributed by atoms with E-state index in [2.05, 4.69) is 20.6 Å². The molecule has 1 aliphatic rings. The molecule has 0 saturated carbocycles. The molecule has 3 aromatic rings. The van der Waals surface area contributed by atoms with Gasteiger partial charge in [0.1, 0.15) is 5.69 Å². The van der Waals surface area contributed by atoms with Crippen LogP contribution in [-0.4, -0.2) is 47.6 Å². The van der Waals surface area contributed by atoms with Crippen LogP contribution in [0.1, 0.15) is 26.6 Å². The number of benzene rings is 1. The molecule has 9 nitrogen and oxygen atoms in total. The number of methoxy groups -OCH3 is 2. The van der Waals surface area contributed by atoms with Crippen LogP contribution in [0.3, 0.4) is 0 Å². The van der Waals surface area contributed by atoms with E-state index in [9.17, 15) is 9.59 Å². The molecular formula is C22H23N5O4S. The molecule has 0 fully saturated rings. The van der Waals surface area contributed by atoms with E-state index >= 15 is 0 Å². The van der Waals surface area contributed by atoms with Gasteiger partial charge < -0.3 is 19.7 Å². The normalized spacial score (nSPS) is 12.6. The number of carbonyl (C=O) groups is 2. The van der Waals surface area contributed by atoms with E-state index in [0.717, 1.165) is 16.1 Å². The monoisotopic (exact) mass is 453 g/mol. The summed E-state index contributed by atoms with van der Waals surface area (Å²) in [6, 6.07) is 10.5. The van der Waals surface area contributed by atoms with Crippen molar-refractivity contribution in [3.63, 3.8) is 0 Å². The maximum absolute atomic E-state index is 12.7. The number of anilines is 1. The highest BCUT2D eigenvalue weighted by Gasteiger charge is 2.24. The number of hydrogen-bond donors (Lipinski definition) is 2. The van der Waals surface area contributed by atoms with Gasteiger partial charge in [-0.3, -0.25) is 15.1 Å². The maximum Gasteiger partial charge on any atom is 0.318 e. The second-order valence-electron chi connectivity index (χ2n) is 7.08. The molecule has 0 bridgehead atoms. The smallest absolute Gasteiger partial charge is 0.318 e. The van der Waals surface area contributed by atoms with Crippen LogP contribution in [-0.2, 0) is 19.5 Å². The van der Waals surface area contributed by atoms with Gasteiger partial charge in [0.25, 0.3) is 5.91 Å². The molecule has 0 spiro atoms. The predicted molar refractivity (Wildman–Crippen MR) is 120 cm³/mol. The number of fused-ring (bicyclic) bond motifs is 1. The van der Waals surface area contributed by atoms with E-state index in [-0.39, 0.29) is 11.9 Å². The minimum Gasteiger partial charge on any atom is -0.493 e. The van der Waals surface area contributed by atoms with Crippen LogP contribution in [0.5, 0.6) is 11.5 Å². The third-order valence-electron chi connectivity index (χ3n) is 5.03. The van der Waals surface area contributed by atoms with Gasteiger partial charge in [0.15, 0.2) is 16.6 Å². The van der Waals surface area contributed by atoms with Gasteiger partial charge in [0.05, 0.1) is 26.5 Å². The average molecular weight is 454 g/mol. The highest BCUT2D eigenvalue weighted by atomic mass is 32.1. The first-order valence-electron chi connectivity index (χ1n) is 10.0. The van der Waals surface area contributed by atoms with Crippen molar-refractivity contribution in [3.05, 3.63) is 64.4 Å². The molecule has 0 aliphatic carbocycles. The summed E-state index contributed by atoms with van der Waals surface area (Å²) in [5.74, 6) is 0.954. The van der Waals surface area contributed by atoms with Gasteiger partial charge in [-0.05, 0) is 29.8 Å². The molecule has 0 unspecified atom stereocenters. The van der Waals surface area contributed by atoms with Crippen LogP contribution in [0.2, 0.25) is 0 Å². The summed E-state index contributed by atoms with van der Waals surface area (Å²) >= 11 is 1.38. The lowest BCUT2D eigenvalue weighted by molar-refractivity contribution is 0.102. The molecule has 0 saturated heterocycles. The molecule has 3 amide bonds. The standard InChI is InChI=1S/C22H23N5O4S/c1-30-17-7-6-14(11-18(17)31-2)12-24-22(29)27-10-8-15-19(13-27)32-21(25-15)26-20(28)16-5-3-4-9-23-16/h3-7,9,11H,8,10,12-13H2,1-2H3,(H,24,29)(H,25,26,28). The molecule has 2 aromatic heterocycles. The SMILES string of the molecule is COc1ccc(CNC(=O)N2CCc3nc(NC(=O)c4ccccn4)sc3C2)cc1OC. The highest BCUT2D eigenvalue weighted by molar-refractivity contribution is 7.15. The quantitative estimate of drug-likeness (QED) is 0.594. The van der Waals surface area contributed by atoms with E-state index in [1.807, 2.05) is 18.2 Å². The largest absolute Gasteiger partial charge is 0.493 e. The molecule has 3 heterocycles. The Bertz CT molecular complexity index is 1120. The fourth-order valence-corrected chi connectivity index (χ4v) is 4.38. The topological polar surface area (TPSA) is 106 Å². The first-order chi connectivity index (χ1) is 15.6. The van der Waals surface area contributed by atoms with E-state index < -0.39 is 0 Å². The number of urea groups is 1. The van der Waals surface area contributed by atoms with Gasteiger partial charge in [-0.25, -0.2) is 9.78 Å². The summed E-state index contributed by atoms with van der Waals surface area (Å²) in [5, 5.41) is 6.25. The van der Waals surface area contributed by atoms with Crippen LogP contribution in [0, 0.1) is 0 Å². The number of thiazole rings is 1. The van der Waals surface area contributed by atoms with Crippen LogP contribution in [0.15, 0.2) is 42.6 Å². The molecule has 1 aromatic carbocycles. The van der Waals surface area contributed by atoms with Gasteiger partial charge in [0.2, 0.25) is 0 Å². The fraction of sp³-hybridized carbons (Fsp3) is 0.273. The number of nitrogens with zero attached hydrogens (tertiary/aromatic N) is 3. The van der Waals surface area contributed by atoms with Gasteiger partial charge in [-0.2, -0.15) is 0 Å². The molecule has 1 aliphatic heterocycles. The van der Waals surface area contributed by atoms with E-state index in [0.29, 0.717) is 48.4 Å². The predicted octanol–water partition coefficient (Wildman–Crippen LogP) is 3.08. The molecule has 166 valence electrons. The Morgan fingerprint density at radius 1 is 1.16 bits per heavy atom. The molecule has 32 heavy (non-hydrogen) atoms. The molecular weight excluding hydrogens is 430 g/mol. The van der Waals surface area contributed by atoms with Crippen LogP contribution in [0.4, 0.5) is 9.93 Å². The van der Waals surface area contributed by atoms with E-state index in [4.69, 9.17) is 9.47 Å². The Kier molecular flexibility index (Phi) is 6.50. The van der Waals surface area contributed by atoms with Crippen molar-refractivity contribution in [2.75, 3.05) is 26.1 Å². The summed E-state index contributed by atoms with van der Waals surface area (Å²) in [5.41, 5.74) is 2.15. The van der Waals surface area contributed by atoms with Crippen molar-refractivity contribution in [3.8, 4) is 11.5 Å². The van der Waals surface area contributed by atoms with Crippen LogP contribution >= 0.6 is 11.3 Å². The van der Waals surface area contributed by atoms with E-state index in [1.165, 1.54) is 11.3 Å². The van der Waals surface area contributed by atoms with Crippen molar-refractivity contribution >= 4 is 28.4 Å². The Hall–Kier alpha value is -3.66. The van der Waals surface area contributed by atoms with Crippen molar-refractivity contribution < 1.29 is 19.1 Å². The number of hydrogen-bond acceptors (Lipinski definition) is 7. The third-order valence-corrected chi connectivity index (χ3v) is 6.03. The van der Waals surface area contributed by atoms with Crippen molar-refractivity contribution in [2.24, 2.45) is 0 Å². The fourth-order valence-electron chi connectivity index (χ4n) is 3.36. The minimum absolute atomic E-state index is 0.155. The second kappa shape index (κ2) is 9.65. The van der Waals surface area contributed by atoms with Crippen LogP contribution in [0.25, 0.3) is 0 Å². The number of aromatic nitrogens is 2. The lowest BCUT2D eigenvalue weighted by Gasteiger charge is -2.26. The Balaban J connectivity index is 1.35. The first-order valence-corrected chi connectivity index (χ1v) is 10.8. The van der Waals surface area contributed by atoms with Crippen LogP contribution < -0.4 is 20.1 Å². The van der Waals surface area contributed by atoms with Crippen molar-refractivity contribution in [1.29, 1.82) is 0 Å². The lowest BCUT2D eigenvalue weighted by Crippen LogP contribution is -2.42. The lowest BCUT2D eigenvalue weighted by atomic mass is 10.2. The van der Waals surface area contributed by atoms with Gasteiger partial charge in [-0.15, -0.1) is 0 Å². The number of ether oxygens (including phenoxy) is 2. The number of nitrogens with one attached hydrogen (secondary N) is 2. The van der Waals surface area contributed by atoms with Crippen molar-refractivity contribution in [2.45, 2.75) is 19.5 Å². The number of amides is 3. The molecule has 0 atom stereocenters. The second-order valence-corrected chi connectivity index (χ2v) is 8.16. The van der Waals surface area contributed by atoms with Gasteiger partial charge in [-0.1, -0.05) is 23.5 Å². The van der Waals surface area contributed by atoms with Gasteiger partial charge in [0, 0.05) is 30.6 Å². The molecule has 2 N–H and O–H groups in total. The van der Waals surface area contributed by atoms with E-state index in [1.54, 1.807) is 43.5 Å². The molecule has 4 rings (SSSR count). The minimum atomic E-state index is -0.304. The number of carbonyl (C=O) groups excluding carboxylic acids is 2. The Morgan fingerprint density at radius 2 is 2.00 bits per heavy atom. The maximum atomic E-state index is 12.7. The zero-order valence-electron chi connectivity index (χ0n) is 17.8. The van der Waals surface area contributed by atoms with Gasteiger partial charge >= 0.3 is 6.03 Å². The summed E-state index contributed by atoms with van der Waals surface area (Å²) in [6.07, 6.45) is 2.20. The van der Waals surface area contributed by atoms with Crippen molar-refractivity contribution in [1.82, 2.24) is 20.2 Å². The third kappa shape index (κ3) is 4.80. The zero-order chi connectivity index (χ0) is 22.5. The summed E-state index contributed by atoms with van der Waals surface area (Å²) < 4.78 is 10.6. The summed E-state index contributed by atoms with van der Waals surface area (Å²) in [6.45, 7) is 1.38. The highest BCUT2D eigenvalue weighted by Crippen LogP contribution is 2.29. The zero-order valence-corrected chi connectivity index (χ0v) is 18.6. The molecule has 0 radical (unpaired) electrons. The number of pyridine rings is 1. The first kappa shape index (κ1) is 21.6. The number of rotatable bonds is 6. The average Bonchev–Trinajstić information content (AvgIpc) is 3.24. The molecule has 10 heteroatoms. The summed E-state index contributed by atoms with van der Waals surface area (Å²) in [4.78, 5) is 36.3. The summed E-state index contributed by atoms with van der Waals surface area (Å²) in [7, 11) is 3.16. The Morgan fingerprint density at radius 3 is 2.75 bits per heavy atom. The Labute approximate surface area is 189 Å².